The third kappa shape index (κ3) is 3.63. The molecule has 3 aromatic rings. The number of alkyl halides is 2. The predicted molar refractivity (Wildman–Crippen MR) is 90.9 cm³/mol. The maximum absolute atomic E-state index is 13.5. The summed E-state index contributed by atoms with van der Waals surface area (Å²) in [5.74, 6) is -0.798. The second-order valence-electron chi connectivity index (χ2n) is 5.24. The van der Waals surface area contributed by atoms with Crippen molar-refractivity contribution in [3.8, 4) is 21.0 Å². The second-order valence-corrected chi connectivity index (χ2v) is 6.24. The summed E-state index contributed by atoms with van der Waals surface area (Å²) in [6.07, 6.45) is 1.76. The van der Waals surface area contributed by atoms with E-state index in [2.05, 4.69) is 20.3 Å². The summed E-state index contributed by atoms with van der Waals surface area (Å²) in [5, 5.41) is 10.8. The van der Waals surface area contributed by atoms with Crippen LogP contribution in [0.1, 0.15) is 29.5 Å². The molecule has 0 saturated heterocycles. The number of hydrogen-bond acceptors (Lipinski definition) is 6. The molecule has 0 saturated carbocycles. The Bertz CT molecular complexity index is 890. The van der Waals surface area contributed by atoms with Crippen LogP contribution >= 0.6 is 11.3 Å². The summed E-state index contributed by atoms with van der Waals surface area (Å²) < 4.78 is 33.5. The number of carbonyl (C=O) groups is 1. The topological polar surface area (TPSA) is 112 Å². The molecule has 0 spiro atoms. The molecule has 8 nitrogen and oxygen atoms in total. The van der Waals surface area contributed by atoms with Crippen molar-refractivity contribution in [1.82, 2.24) is 25.0 Å². The summed E-state index contributed by atoms with van der Waals surface area (Å²) in [4.78, 5) is 16.2. The van der Waals surface area contributed by atoms with E-state index in [1.54, 1.807) is 6.20 Å². The predicted octanol–water partition coefficient (Wildman–Crippen LogP) is 2.47. The summed E-state index contributed by atoms with van der Waals surface area (Å²) in [5.41, 5.74) is 5.67. The van der Waals surface area contributed by atoms with Crippen LogP contribution in [-0.2, 0) is 11.3 Å². The van der Waals surface area contributed by atoms with E-state index in [-0.39, 0.29) is 16.1 Å². The zero-order chi connectivity index (χ0) is 18.7. The van der Waals surface area contributed by atoms with Crippen molar-refractivity contribution >= 4 is 17.2 Å². The minimum absolute atomic E-state index is 0.0718. The van der Waals surface area contributed by atoms with Gasteiger partial charge in [-0.05, 0) is 6.92 Å². The molecule has 0 bridgehead atoms. The molecule has 0 aromatic carbocycles. The Labute approximate surface area is 151 Å². The molecule has 3 heterocycles. The van der Waals surface area contributed by atoms with Crippen LogP contribution in [0.5, 0.6) is 0 Å². The summed E-state index contributed by atoms with van der Waals surface area (Å²) in [6.45, 7) is 3.01. The highest BCUT2D eigenvalue weighted by Crippen LogP contribution is 2.39. The number of nitrogens with two attached hydrogens (primary N) is 1. The average molecular weight is 382 g/mol. The van der Waals surface area contributed by atoms with Gasteiger partial charge in [0, 0.05) is 30.1 Å². The molecule has 0 aliphatic rings. The van der Waals surface area contributed by atoms with Gasteiger partial charge in [0.05, 0.1) is 24.2 Å². The van der Waals surface area contributed by atoms with Crippen molar-refractivity contribution in [1.29, 1.82) is 0 Å². The molecule has 11 heteroatoms. The molecule has 26 heavy (non-hydrogen) atoms. The summed E-state index contributed by atoms with van der Waals surface area (Å²) in [6, 6.07) is 0. The number of carbonyl (C=O) groups excluding carboxylic acids is 1. The fraction of sp³-hybridized carbons (Fsp3) is 0.333. The molecule has 3 aromatic heterocycles. The number of thiazole rings is 1. The van der Waals surface area contributed by atoms with Gasteiger partial charge >= 0.3 is 0 Å². The number of primary amides is 1. The van der Waals surface area contributed by atoms with Crippen LogP contribution < -0.4 is 5.73 Å². The number of aromatic amines is 1. The number of rotatable bonds is 8. The Balaban J connectivity index is 2.05. The molecule has 138 valence electrons. The van der Waals surface area contributed by atoms with Gasteiger partial charge in [-0.3, -0.25) is 14.6 Å². The van der Waals surface area contributed by atoms with Gasteiger partial charge in [-0.2, -0.15) is 10.2 Å². The Kier molecular flexibility index (Phi) is 5.38. The summed E-state index contributed by atoms with van der Waals surface area (Å²) >= 11 is 1.08. The first kappa shape index (κ1) is 18.1. The minimum Gasteiger partial charge on any atom is -0.380 e. The zero-order valence-electron chi connectivity index (χ0n) is 13.8. The van der Waals surface area contributed by atoms with Crippen molar-refractivity contribution in [3.63, 3.8) is 0 Å². The first-order chi connectivity index (χ1) is 12.5. The van der Waals surface area contributed by atoms with E-state index in [9.17, 15) is 13.6 Å². The van der Waals surface area contributed by atoms with E-state index in [4.69, 9.17) is 10.5 Å². The molecule has 0 radical (unpaired) electrons. The number of amides is 1. The molecule has 3 N–H and O–H groups in total. The number of nitrogens with one attached hydrogen (secondary N) is 1. The lowest BCUT2D eigenvalue weighted by Gasteiger charge is -2.00. The van der Waals surface area contributed by atoms with Crippen molar-refractivity contribution in [2.45, 2.75) is 19.9 Å². The largest absolute Gasteiger partial charge is 0.380 e. The first-order valence-corrected chi connectivity index (χ1v) is 8.56. The van der Waals surface area contributed by atoms with Gasteiger partial charge in [0.25, 0.3) is 12.3 Å². The van der Waals surface area contributed by atoms with Crippen molar-refractivity contribution in [2.24, 2.45) is 5.73 Å². The molecule has 0 atom stereocenters. The highest BCUT2D eigenvalue weighted by Gasteiger charge is 2.26. The van der Waals surface area contributed by atoms with E-state index >= 15 is 0 Å². The maximum Gasteiger partial charge on any atom is 0.282 e. The van der Waals surface area contributed by atoms with E-state index in [0.717, 1.165) is 11.3 Å². The highest BCUT2D eigenvalue weighted by molar-refractivity contribution is 7.18. The average Bonchev–Trinajstić information content (AvgIpc) is 3.33. The number of halogens is 2. The van der Waals surface area contributed by atoms with Crippen LogP contribution in [0.15, 0.2) is 18.6 Å². The molecule has 3 rings (SSSR count). The van der Waals surface area contributed by atoms with E-state index in [0.29, 0.717) is 30.3 Å². The van der Waals surface area contributed by atoms with Gasteiger partial charge < -0.3 is 10.5 Å². The normalized spacial score (nSPS) is 11.4. The van der Waals surface area contributed by atoms with Crippen LogP contribution in [0.25, 0.3) is 21.0 Å². The number of hydrogen-bond donors (Lipinski definition) is 2. The standard InChI is InChI=1S/C15H16F2N6O2S/c1-2-25-4-3-23-7-9(10(22-23)13(16)17)12-11(14(18)24)21-15(26-12)8-5-19-20-6-8/h5-7,13H,2-4H2,1H3,(H2,18,24)(H,19,20). The van der Waals surface area contributed by atoms with Gasteiger partial charge in [0.1, 0.15) is 16.4 Å². The smallest absolute Gasteiger partial charge is 0.282 e. The van der Waals surface area contributed by atoms with Crippen LogP contribution in [0.2, 0.25) is 0 Å². The molecule has 0 unspecified atom stereocenters. The van der Waals surface area contributed by atoms with Crippen LogP contribution in [-0.4, -0.2) is 44.1 Å². The third-order valence-electron chi connectivity index (χ3n) is 3.52. The van der Waals surface area contributed by atoms with Gasteiger partial charge in [-0.1, -0.05) is 0 Å². The number of H-pyrrole nitrogens is 1. The van der Waals surface area contributed by atoms with Crippen LogP contribution in [0, 0.1) is 0 Å². The lowest BCUT2D eigenvalue weighted by atomic mass is 10.2. The molecule has 0 fully saturated rings. The Hall–Kier alpha value is -2.66. The van der Waals surface area contributed by atoms with E-state index < -0.39 is 18.0 Å². The highest BCUT2D eigenvalue weighted by atomic mass is 32.1. The molecule has 0 aliphatic carbocycles. The number of ether oxygens (including phenoxy) is 1. The fourth-order valence-electron chi connectivity index (χ4n) is 2.35. The van der Waals surface area contributed by atoms with Gasteiger partial charge in [-0.25, -0.2) is 13.8 Å². The number of nitrogens with zero attached hydrogens (tertiary/aromatic N) is 4. The Morgan fingerprint density at radius 2 is 2.31 bits per heavy atom. The zero-order valence-corrected chi connectivity index (χ0v) is 14.6. The lowest BCUT2D eigenvalue weighted by molar-refractivity contribution is 0.0996. The van der Waals surface area contributed by atoms with Crippen LogP contribution in [0.3, 0.4) is 0 Å². The molecular weight excluding hydrogens is 366 g/mol. The van der Waals surface area contributed by atoms with E-state index in [1.807, 2.05) is 6.92 Å². The van der Waals surface area contributed by atoms with Crippen molar-refractivity contribution in [2.75, 3.05) is 13.2 Å². The summed E-state index contributed by atoms with van der Waals surface area (Å²) in [7, 11) is 0. The Morgan fingerprint density at radius 1 is 1.50 bits per heavy atom. The third-order valence-corrected chi connectivity index (χ3v) is 4.65. The lowest BCUT2D eigenvalue weighted by Crippen LogP contribution is -2.12. The van der Waals surface area contributed by atoms with Crippen molar-refractivity contribution < 1.29 is 18.3 Å². The van der Waals surface area contributed by atoms with Gasteiger partial charge in [-0.15, -0.1) is 11.3 Å². The van der Waals surface area contributed by atoms with Gasteiger partial charge in [0.15, 0.2) is 0 Å². The monoisotopic (exact) mass is 382 g/mol. The first-order valence-electron chi connectivity index (χ1n) is 7.74. The SMILES string of the molecule is CCOCCn1cc(-c2sc(-c3cn[nH]c3)nc2C(N)=O)c(C(F)F)n1. The minimum atomic E-state index is -2.81. The maximum atomic E-state index is 13.5. The van der Waals surface area contributed by atoms with E-state index in [1.165, 1.54) is 17.1 Å². The molecular formula is C15H16F2N6O2S. The Morgan fingerprint density at radius 3 is 2.92 bits per heavy atom. The number of aromatic nitrogens is 5. The second kappa shape index (κ2) is 7.70. The van der Waals surface area contributed by atoms with Crippen LogP contribution in [0.4, 0.5) is 8.78 Å². The van der Waals surface area contributed by atoms with Crippen molar-refractivity contribution in [3.05, 3.63) is 30.0 Å². The molecule has 0 aliphatic heterocycles. The quantitative estimate of drug-likeness (QED) is 0.581. The fourth-order valence-corrected chi connectivity index (χ4v) is 3.42. The van der Waals surface area contributed by atoms with Gasteiger partial charge in [0.2, 0.25) is 0 Å². The molecule has 1 amide bonds.